The fourth-order valence-corrected chi connectivity index (χ4v) is 5.50. The maximum atomic E-state index is 2.34. The molecule has 508 valence electrons. The summed E-state index contributed by atoms with van der Waals surface area (Å²) in [7, 11) is 0. The quantitative estimate of drug-likeness (QED) is 0.144. The summed E-state index contributed by atoms with van der Waals surface area (Å²) in [6.45, 7) is 91.9. The van der Waals surface area contributed by atoms with E-state index in [4.69, 9.17) is 0 Å². The van der Waals surface area contributed by atoms with Crippen molar-refractivity contribution in [1.29, 1.82) is 0 Å². The van der Waals surface area contributed by atoms with Gasteiger partial charge in [-0.3, -0.25) is 0 Å². The van der Waals surface area contributed by atoms with Crippen molar-refractivity contribution >= 4 is 0 Å². The minimum absolute atomic E-state index is 0.500. The molecule has 0 aromatic heterocycles. The predicted molar refractivity (Wildman–Crippen MR) is 396 cm³/mol. The zero-order chi connectivity index (χ0) is 66.9. The van der Waals surface area contributed by atoms with Gasteiger partial charge in [-0.25, -0.2) is 0 Å². The SMILES string of the molecule is CC(C)(C)C.CC(C)C.CC(C)C(C)C.CC(C)CC(C)C.CC1CC1.CC1CCC1.CC1CCCC1.CCC(C)(C)C.CCC(C)C.CCC(C)CC.CCCC(C)C.CCCCC(C)C.CCC[C@H](C)CC.CC[C@H](C)C(C)C. The molecule has 3 aliphatic rings. The van der Waals surface area contributed by atoms with Gasteiger partial charge in [0.1, 0.15) is 0 Å². The third kappa shape index (κ3) is 187. The van der Waals surface area contributed by atoms with Crippen molar-refractivity contribution < 1.29 is 0 Å². The van der Waals surface area contributed by atoms with Crippen molar-refractivity contribution in [3.63, 3.8) is 0 Å². The van der Waals surface area contributed by atoms with Gasteiger partial charge in [0, 0.05) is 0 Å². The van der Waals surface area contributed by atoms with Crippen LogP contribution in [-0.2, 0) is 0 Å². The van der Waals surface area contributed by atoms with Crippen LogP contribution in [0.15, 0.2) is 0 Å². The molecule has 0 unspecified atom stereocenters. The van der Waals surface area contributed by atoms with Crippen molar-refractivity contribution in [3.8, 4) is 0 Å². The summed E-state index contributed by atoms with van der Waals surface area (Å²) in [6, 6.07) is 0. The molecule has 0 nitrogen and oxygen atoms in total. The van der Waals surface area contributed by atoms with Crippen LogP contribution in [0.4, 0.5) is 0 Å². The molecule has 0 amide bonds. The lowest BCUT2D eigenvalue weighted by Crippen LogP contribution is -2.04. The molecule has 0 heteroatoms. The van der Waals surface area contributed by atoms with Gasteiger partial charge in [-0.2, -0.15) is 0 Å². The molecule has 3 fully saturated rings. The first kappa shape index (κ1) is 106. The topological polar surface area (TPSA) is 0 Å². The summed E-state index contributed by atoms with van der Waals surface area (Å²) in [4.78, 5) is 0. The Hall–Kier alpha value is 0. The van der Waals surface area contributed by atoms with Crippen LogP contribution in [0.2, 0.25) is 0 Å². The molecular formula is C81H184. The van der Waals surface area contributed by atoms with Crippen LogP contribution in [0.1, 0.15) is 432 Å². The molecule has 0 saturated heterocycles. The lowest BCUT2D eigenvalue weighted by molar-refractivity contribution is 0.346. The van der Waals surface area contributed by atoms with Gasteiger partial charge >= 0.3 is 0 Å². The van der Waals surface area contributed by atoms with Crippen molar-refractivity contribution in [2.45, 2.75) is 432 Å². The Morgan fingerprint density at radius 3 is 0.642 bits per heavy atom. The van der Waals surface area contributed by atoms with Crippen LogP contribution in [0, 0.1) is 99.6 Å². The zero-order valence-corrected chi connectivity index (χ0v) is 66.9. The van der Waals surface area contributed by atoms with E-state index in [2.05, 4.69) is 284 Å². The smallest absolute Gasteiger partial charge is 0.0385 e. The van der Waals surface area contributed by atoms with Gasteiger partial charge in [0.05, 0.1) is 0 Å². The van der Waals surface area contributed by atoms with E-state index in [-0.39, 0.29) is 0 Å². The highest BCUT2D eigenvalue weighted by Crippen LogP contribution is 2.27. The summed E-state index contributed by atoms with van der Waals surface area (Å²) >= 11 is 0. The van der Waals surface area contributed by atoms with E-state index in [1.54, 1.807) is 0 Å². The standard InChI is InChI=1S/4C7H16.C6H12.4C6H14.C5H10.2C5H12.C4H8.C4H10/c1-6(2)5-7(3)4;1-5-7(4)6(2)3;1-4-5-6-7(2)3;1-4-6-7(3)5-2;1-6-4-2-3-5-6;1-5-6(2,3)4;1-5(2)6(3)4;1-4-5-6(2)3;1-4-6(3)5-2;1-5-3-2-4-5;1-5(2,3)4;1-4-5(2)3;1-4-2-3-4;1-4(2)3/h2*6-7H,5H2,1-4H3;2*7H,4-6H2,1-3H3;6H,2-5H2,1H3;5H2,1-4H3;5-6H,1-4H3;2*6H,4-5H2,1-3H3;5H,2-4H2,1H3;1-4H3;5H,4H2,1-3H3;4H,2-3H2,1H3;4H,1-3H3/t;7-;;7-;;;;;;;;;;/m.0.1........../s1. The molecule has 0 spiro atoms. The van der Waals surface area contributed by atoms with Crippen molar-refractivity contribution in [2.24, 2.45) is 99.6 Å². The summed E-state index contributed by atoms with van der Waals surface area (Å²) in [6.07, 6.45) is 32.2. The van der Waals surface area contributed by atoms with E-state index >= 15 is 0 Å². The van der Waals surface area contributed by atoms with E-state index in [1.807, 2.05) is 0 Å². The molecule has 0 aromatic carbocycles. The third-order valence-corrected chi connectivity index (χ3v) is 14.7. The van der Waals surface area contributed by atoms with Crippen LogP contribution in [0.25, 0.3) is 0 Å². The van der Waals surface area contributed by atoms with E-state index < -0.39 is 0 Å². The second kappa shape index (κ2) is 78.0. The van der Waals surface area contributed by atoms with E-state index in [1.165, 1.54) is 148 Å². The average Bonchev–Trinajstić information content (AvgIpc) is 3.97. The van der Waals surface area contributed by atoms with Gasteiger partial charge in [-0.15, -0.1) is 0 Å². The molecule has 0 aliphatic heterocycles. The van der Waals surface area contributed by atoms with Gasteiger partial charge in [-0.05, 0) is 106 Å². The molecular weight excluding hydrogens is 973 g/mol. The predicted octanol–water partition coefficient (Wildman–Crippen LogP) is 31.9. The lowest BCUT2D eigenvalue weighted by Gasteiger charge is -2.18. The molecule has 0 bridgehead atoms. The van der Waals surface area contributed by atoms with Gasteiger partial charge in [0.25, 0.3) is 0 Å². The highest BCUT2D eigenvalue weighted by molar-refractivity contribution is 4.65. The maximum Gasteiger partial charge on any atom is -0.0385 e. The molecule has 2 atom stereocenters. The number of hydrogen-bond acceptors (Lipinski definition) is 0. The Bertz CT molecular complexity index is 932. The molecule has 81 heavy (non-hydrogen) atoms. The van der Waals surface area contributed by atoms with Crippen molar-refractivity contribution in [2.75, 3.05) is 0 Å². The summed E-state index contributed by atoms with van der Waals surface area (Å²) in [5.41, 5.74) is 1.04. The van der Waals surface area contributed by atoms with Crippen molar-refractivity contribution in [3.05, 3.63) is 0 Å². The second-order valence-corrected chi connectivity index (χ2v) is 32.6. The fourth-order valence-electron chi connectivity index (χ4n) is 5.50. The van der Waals surface area contributed by atoms with Crippen LogP contribution < -0.4 is 0 Å². The van der Waals surface area contributed by atoms with Gasteiger partial charge in [0.2, 0.25) is 0 Å². The normalized spacial score (nSPS) is 14.1. The highest BCUT2D eigenvalue weighted by Gasteiger charge is 2.13. The highest BCUT2D eigenvalue weighted by atomic mass is 14.2. The van der Waals surface area contributed by atoms with Gasteiger partial charge in [0.15, 0.2) is 0 Å². The molecule has 0 heterocycles. The first-order valence-corrected chi connectivity index (χ1v) is 36.8. The Morgan fingerprint density at radius 2 is 0.605 bits per heavy atom. The first-order chi connectivity index (χ1) is 36.8. The van der Waals surface area contributed by atoms with Gasteiger partial charge < -0.3 is 0 Å². The second-order valence-electron chi connectivity index (χ2n) is 32.6. The maximum absolute atomic E-state index is 2.34. The minimum atomic E-state index is 0.500. The molecule has 3 saturated carbocycles. The Kier molecular flexibility index (Phi) is 102. The molecule has 3 rings (SSSR count). The van der Waals surface area contributed by atoms with E-state index in [9.17, 15) is 0 Å². The van der Waals surface area contributed by atoms with E-state index in [0.717, 1.165) is 88.8 Å². The molecule has 0 radical (unpaired) electrons. The zero-order valence-electron chi connectivity index (χ0n) is 66.9. The Balaban J connectivity index is -0.0000000726. The van der Waals surface area contributed by atoms with Crippen LogP contribution in [0.3, 0.4) is 0 Å². The minimum Gasteiger partial charge on any atom is -0.0654 e. The summed E-state index contributed by atoms with van der Waals surface area (Å²) in [5, 5.41) is 0. The van der Waals surface area contributed by atoms with Gasteiger partial charge in [-0.1, -0.05) is 425 Å². The number of rotatable bonds is 16. The largest absolute Gasteiger partial charge is 0.0654 e. The number of unbranched alkanes of at least 4 members (excludes halogenated alkanes) is 1. The van der Waals surface area contributed by atoms with Crippen molar-refractivity contribution in [1.82, 2.24) is 0 Å². The third-order valence-electron chi connectivity index (χ3n) is 14.7. The Morgan fingerprint density at radius 1 is 0.321 bits per heavy atom. The molecule has 0 N–H and O–H groups in total. The molecule has 0 aromatic rings. The van der Waals surface area contributed by atoms with Crippen LogP contribution >= 0.6 is 0 Å². The van der Waals surface area contributed by atoms with E-state index in [0.29, 0.717) is 10.8 Å². The number of hydrogen-bond donors (Lipinski definition) is 0. The van der Waals surface area contributed by atoms with Crippen LogP contribution in [0.5, 0.6) is 0 Å². The summed E-state index contributed by atoms with van der Waals surface area (Å²) in [5.74, 6) is 13.8. The molecule has 3 aliphatic carbocycles. The first-order valence-electron chi connectivity index (χ1n) is 36.8. The fraction of sp³-hybridized carbons (Fsp3) is 1.00. The Labute approximate surface area is 528 Å². The summed E-state index contributed by atoms with van der Waals surface area (Å²) < 4.78 is 0. The van der Waals surface area contributed by atoms with Crippen LogP contribution in [-0.4, -0.2) is 0 Å². The average molecular weight is 1160 g/mol. The monoisotopic (exact) mass is 1160 g/mol. The lowest BCUT2D eigenvalue weighted by atomic mass is 9.88.